The Morgan fingerprint density at radius 2 is 1.21 bits per heavy atom. The van der Waals surface area contributed by atoms with E-state index >= 15 is 0 Å². The van der Waals surface area contributed by atoms with Gasteiger partial charge in [0.2, 0.25) is 0 Å². The molecule has 0 bridgehead atoms. The highest BCUT2D eigenvalue weighted by molar-refractivity contribution is 8.00. The van der Waals surface area contributed by atoms with Crippen molar-refractivity contribution in [3.05, 3.63) is 0 Å². The van der Waals surface area contributed by atoms with Crippen molar-refractivity contribution in [1.29, 1.82) is 0 Å². The maximum atomic E-state index is 10.3. The third kappa shape index (κ3) is 21.7. The van der Waals surface area contributed by atoms with E-state index in [0.29, 0.717) is 5.75 Å². The molecule has 4 heteroatoms. The highest BCUT2D eigenvalue weighted by Gasteiger charge is 1.94. The Morgan fingerprint density at radius 1 is 0.750 bits per heavy atom. The molecule has 140 valence electrons. The predicted octanol–water partition coefficient (Wildman–Crippen LogP) is 6.24. The van der Waals surface area contributed by atoms with Crippen molar-refractivity contribution in [3.8, 4) is 11.8 Å². The summed E-state index contributed by atoms with van der Waals surface area (Å²) in [4.78, 5) is 10.3. The fourth-order valence-electron chi connectivity index (χ4n) is 2.46. The maximum Gasteiger partial charge on any atom is 0.313 e. The molecule has 0 saturated heterocycles. The maximum absolute atomic E-state index is 10.3. The zero-order valence-corrected chi connectivity index (χ0v) is 17.1. The highest BCUT2D eigenvalue weighted by atomic mass is 32.2. The number of carboxylic acid groups (broad SMARTS) is 1. The summed E-state index contributed by atoms with van der Waals surface area (Å²) in [7, 11) is 0. The molecule has 0 rings (SSSR count). The van der Waals surface area contributed by atoms with E-state index in [4.69, 9.17) is 5.11 Å². The summed E-state index contributed by atoms with van der Waals surface area (Å²) < 4.78 is 0. The molecule has 0 aromatic rings. The first-order valence-corrected chi connectivity index (χ1v) is 11.9. The van der Waals surface area contributed by atoms with Crippen LogP contribution < -0.4 is 0 Å². The average molecular weight is 373 g/mol. The lowest BCUT2D eigenvalue weighted by molar-refractivity contribution is -0.133. The van der Waals surface area contributed by atoms with Crippen molar-refractivity contribution < 1.29 is 9.90 Å². The van der Waals surface area contributed by atoms with Crippen LogP contribution in [0.3, 0.4) is 0 Å². The third-order valence-electron chi connectivity index (χ3n) is 3.84. The fourth-order valence-corrected chi connectivity index (χ4v) is 3.70. The second kappa shape index (κ2) is 20.8. The van der Waals surface area contributed by atoms with Crippen LogP contribution in [0.4, 0.5) is 0 Å². The highest BCUT2D eigenvalue weighted by Crippen LogP contribution is 2.13. The van der Waals surface area contributed by atoms with Crippen LogP contribution in [0.25, 0.3) is 0 Å². The van der Waals surface area contributed by atoms with Crippen LogP contribution >= 0.6 is 23.5 Å². The van der Waals surface area contributed by atoms with Gasteiger partial charge in [0.25, 0.3) is 0 Å². The Bertz CT molecular complexity index is 334. The number of unbranched alkanes of at least 4 members (excludes halogenated alkanes) is 11. The molecular formula is C20H36O2S2. The minimum Gasteiger partial charge on any atom is -0.481 e. The second-order valence-electron chi connectivity index (χ2n) is 6.18. The minimum absolute atomic E-state index is 0.153. The number of carboxylic acids is 1. The Hall–Kier alpha value is -0.270. The van der Waals surface area contributed by atoms with Crippen molar-refractivity contribution in [2.45, 2.75) is 84.0 Å². The zero-order valence-electron chi connectivity index (χ0n) is 15.5. The molecule has 1 N–H and O–H groups in total. The van der Waals surface area contributed by atoms with E-state index < -0.39 is 5.97 Å². The van der Waals surface area contributed by atoms with Crippen LogP contribution in [0.15, 0.2) is 0 Å². The number of hydrogen-bond acceptors (Lipinski definition) is 3. The predicted molar refractivity (Wildman–Crippen MR) is 111 cm³/mol. The number of hydrogen-bond donors (Lipinski definition) is 1. The standard InChI is InChI=1S/C20H36O2S2/c1-2-3-4-5-6-7-8-9-10-11-12-13-16-23-17-14-15-18-24-19-20(21)22/h2-13,16-19H2,1H3,(H,21,22). The van der Waals surface area contributed by atoms with Gasteiger partial charge in [-0.25, -0.2) is 0 Å². The molecule has 0 aliphatic carbocycles. The summed E-state index contributed by atoms with van der Waals surface area (Å²) in [6.07, 6.45) is 16.8. The van der Waals surface area contributed by atoms with E-state index in [0.717, 1.165) is 5.75 Å². The van der Waals surface area contributed by atoms with Crippen LogP contribution in [0, 0.1) is 11.8 Å². The number of thioether (sulfide) groups is 2. The van der Waals surface area contributed by atoms with Crippen molar-refractivity contribution in [3.63, 3.8) is 0 Å². The number of aliphatic carboxylic acids is 1. The fraction of sp³-hybridized carbons (Fsp3) is 0.850. The van der Waals surface area contributed by atoms with Gasteiger partial charge in [-0.1, -0.05) is 89.4 Å². The second-order valence-corrected chi connectivity index (χ2v) is 8.27. The first-order valence-electron chi connectivity index (χ1n) is 9.60. The van der Waals surface area contributed by atoms with Gasteiger partial charge in [0.15, 0.2) is 0 Å². The number of rotatable bonds is 17. The molecule has 0 fully saturated rings. The number of carbonyl (C=O) groups is 1. The quantitative estimate of drug-likeness (QED) is 0.242. The Kier molecular flexibility index (Phi) is 20.5. The molecular weight excluding hydrogens is 336 g/mol. The van der Waals surface area contributed by atoms with Gasteiger partial charge in [0.1, 0.15) is 0 Å². The van der Waals surface area contributed by atoms with E-state index in [1.165, 1.54) is 94.6 Å². The van der Waals surface area contributed by atoms with Crippen LogP contribution in [0.5, 0.6) is 0 Å². The van der Waals surface area contributed by atoms with E-state index in [9.17, 15) is 4.79 Å². The van der Waals surface area contributed by atoms with Gasteiger partial charge < -0.3 is 5.11 Å². The molecule has 0 atom stereocenters. The molecule has 0 aromatic heterocycles. The molecule has 0 aromatic carbocycles. The summed E-state index contributed by atoms with van der Waals surface area (Å²) in [5.74, 6) is 8.22. The van der Waals surface area contributed by atoms with E-state index in [-0.39, 0.29) is 5.75 Å². The van der Waals surface area contributed by atoms with Gasteiger partial charge in [0, 0.05) is 0 Å². The molecule has 0 spiro atoms. The van der Waals surface area contributed by atoms with Gasteiger partial charge in [-0.05, 0) is 12.2 Å². The molecule has 0 aliphatic heterocycles. The smallest absolute Gasteiger partial charge is 0.313 e. The van der Waals surface area contributed by atoms with Crippen molar-refractivity contribution in [1.82, 2.24) is 0 Å². The Labute approximate surface area is 158 Å². The molecule has 0 radical (unpaired) electrons. The van der Waals surface area contributed by atoms with Crippen LogP contribution in [-0.4, -0.2) is 34.1 Å². The van der Waals surface area contributed by atoms with E-state index in [2.05, 4.69) is 18.8 Å². The van der Waals surface area contributed by atoms with Crippen LogP contribution in [-0.2, 0) is 4.79 Å². The summed E-state index contributed by atoms with van der Waals surface area (Å²) in [5.41, 5.74) is 0. The van der Waals surface area contributed by atoms with Gasteiger partial charge >= 0.3 is 5.97 Å². The van der Waals surface area contributed by atoms with Crippen LogP contribution in [0.2, 0.25) is 0 Å². The van der Waals surface area contributed by atoms with Gasteiger partial charge in [-0.3, -0.25) is 4.79 Å². The summed E-state index contributed by atoms with van der Waals surface area (Å²) in [6.45, 7) is 2.27. The van der Waals surface area contributed by atoms with Crippen molar-refractivity contribution in [2.24, 2.45) is 0 Å². The van der Waals surface area contributed by atoms with Crippen molar-refractivity contribution in [2.75, 3.05) is 23.0 Å². The van der Waals surface area contributed by atoms with Gasteiger partial charge in [-0.2, -0.15) is 0 Å². The topological polar surface area (TPSA) is 37.3 Å². The molecule has 24 heavy (non-hydrogen) atoms. The summed E-state index contributed by atoms with van der Waals surface area (Å²) in [5, 5.41) is 8.48. The Morgan fingerprint density at radius 3 is 1.71 bits per heavy atom. The lowest BCUT2D eigenvalue weighted by Crippen LogP contribution is -1.97. The first kappa shape index (κ1) is 23.7. The van der Waals surface area contributed by atoms with Crippen molar-refractivity contribution >= 4 is 29.5 Å². The molecule has 0 heterocycles. The largest absolute Gasteiger partial charge is 0.481 e. The summed E-state index contributed by atoms with van der Waals surface area (Å²) >= 11 is 3.27. The molecule has 0 aliphatic rings. The normalized spacial score (nSPS) is 10.4. The first-order chi connectivity index (χ1) is 11.8. The summed E-state index contributed by atoms with van der Waals surface area (Å²) in [6, 6.07) is 0. The lowest BCUT2D eigenvalue weighted by Gasteiger charge is -2.02. The lowest BCUT2D eigenvalue weighted by atomic mass is 10.1. The van der Waals surface area contributed by atoms with E-state index in [1.54, 1.807) is 0 Å². The average Bonchev–Trinajstić information content (AvgIpc) is 2.56. The van der Waals surface area contributed by atoms with E-state index in [1.807, 2.05) is 11.8 Å². The molecule has 2 nitrogen and oxygen atoms in total. The third-order valence-corrected chi connectivity index (χ3v) is 5.57. The van der Waals surface area contributed by atoms with Gasteiger partial charge in [0.05, 0.1) is 17.3 Å². The monoisotopic (exact) mass is 372 g/mol. The molecule has 0 saturated carbocycles. The Balaban J connectivity index is 3.07. The van der Waals surface area contributed by atoms with Gasteiger partial charge in [-0.15, -0.1) is 23.5 Å². The molecule has 0 amide bonds. The SMILES string of the molecule is CCCCCCCCCCCCCCSCC#CCSCC(=O)O. The molecule has 0 unspecified atom stereocenters. The minimum atomic E-state index is -0.761. The van der Waals surface area contributed by atoms with Crippen LogP contribution in [0.1, 0.15) is 84.0 Å². The zero-order chi connectivity index (χ0) is 17.7.